The summed E-state index contributed by atoms with van der Waals surface area (Å²) in [6.07, 6.45) is 5.95. The SMILES string of the molecule is CCOC(=O)NC1(C(=O)C[C@H](C(=O)N(C)[C@@H]([C@@H](C)CC)[C@@H](CC(=O)N2CCC[C@H]2[C@H](OC)[C@@H](C)C(=O)C[C@@H](Cc2ccccc2)c2nccs2)OC)C(C)C)CCCC1. The highest BCUT2D eigenvalue weighted by Gasteiger charge is 2.46. The molecule has 1 saturated carbocycles. The van der Waals surface area contributed by atoms with E-state index < -0.39 is 41.7 Å². The van der Waals surface area contributed by atoms with E-state index in [1.54, 1.807) is 50.6 Å². The number of hydrogen-bond acceptors (Lipinski definition) is 10. The van der Waals surface area contributed by atoms with Gasteiger partial charge in [0.1, 0.15) is 11.3 Å². The van der Waals surface area contributed by atoms with Crippen LogP contribution >= 0.6 is 11.3 Å². The number of carbonyl (C=O) groups excluding carboxylic acids is 5. The van der Waals surface area contributed by atoms with Gasteiger partial charge >= 0.3 is 6.09 Å². The van der Waals surface area contributed by atoms with Gasteiger partial charge in [0.2, 0.25) is 11.8 Å². The molecule has 0 unspecified atom stereocenters. The second-order valence-electron chi connectivity index (χ2n) is 17.1. The fourth-order valence-corrected chi connectivity index (χ4v) is 10.2. The monoisotopic (exact) mass is 838 g/mol. The van der Waals surface area contributed by atoms with Crippen molar-refractivity contribution in [1.82, 2.24) is 20.1 Å². The summed E-state index contributed by atoms with van der Waals surface area (Å²) >= 11 is 1.56. The van der Waals surface area contributed by atoms with E-state index in [9.17, 15) is 24.0 Å². The van der Waals surface area contributed by atoms with Gasteiger partial charge in [0.05, 0.1) is 42.3 Å². The number of rotatable bonds is 23. The third-order valence-electron chi connectivity index (χ3n) is 13.1. The number of nitrogens with one attached hydrogen (secondary N) is 1. The van der Waals surface area contributed by atoms with E-state index in [0.29, 0.717) is 38.6 Å². The van der Waals surface area contributed by atoms with Crippen molar-refractivity contribution in [3.8, 4) is 0 Å². The number of hydrogen-bond donors (Lipinski definition) is 1. The van der Waals surface area contributed by atoms with Gasteiger partial charge in [0.15, 0.2) is 5.78 Å². The second-order valence-corrected chi connectivity index (χ2v) is 18.1. The van der Waals surface area contributed by atoms with E-state index >= 15 is 0 Å². The van der Waals surface area contributed by atoms with Gasteiger partial charge < -0.3 is 29.3 Å². The maximum absolute atomic E-state index is 14.5. The molecule has 1 saturated heterocycles. The number of nitrogens with zero attached hydrogens (tertiary/aromatic N) is 3. The standard InChI is InChI=1S/C46H70N4O8S/c1-10-31(5)41(49(7)44(54)35(30(3)4)28-39(52)46(21-15-16-22-46)48-45(55)58-11-2)38(56-8)29-40(53)50-24-17-20-36(50)42(57-9)32(6)37(51)27-34(43-47-23-25-59-43)26-33-18-13-12-14-19-33/h12-14,18-19,23,25,30-32,34-36,38,41-42H,10-11,15-17,20-22,24,26-29H2,1-9H3,(H,48,55)/t31-,32-,34+,35-,36-,38+,41-,42+/m0/s1. The molecule has 2 aliphatic rings. The molecule has 2 fully saturated rings. The minimum Gasteiger partial charge on any atom is -0.450 e. The van der Waals surface area contributed by atoms with Crippen molar-refractivity contribution in [3.05, 3.63) is 52.5 Å². The minimum absolute atomic E-state index is 0.0152. The Morgan fingerprint density at radius 2 is 1.66 bits per heavy atom. The first kappa shape index (κ1) is 48.0. The summed E-state index contributed by atoms with van der Waals surface area (Å²) in [6, 6.07) is 9.40. The van der Waals surface area contributed by atoms with Crippen LogP contribution in [0.25, 0.3) is 0 Å². The molecule has 3 amide bonds. The Balaban J connectivity index is 1.49. The fourth-order valence-electron chi connectivity index (χ4n) is 9.43. The van der Waals surface area contributed by atoms with E-state index in [1.165, 1.54) is 0 Å². The van der Waals surface area contributed by atoms with E-state index in [4.69, 9.17) is 14.2 Å². The Morgan fingerprint density at radius 1 is 0.966 bits per heavy atom. The summed E-state index contributed by atoms with van der Waals surface area (Å²) in [4.78, 5) is 77.6. The number of benzene rings is 1. The molecule has 0 bridgehead atoms. The number of carbonyl (C=O) groups is 5. The number of ketones is 2. The van der Waals surface area contributed by atoms with Crippen LogP contribution in [0.3, 0.4) is 0 Å². The zero-order chi connectivity index (χ0) is 43.3. The van der Waals surface area contributed by atoms with Crippen LogP contribution in [0.4, 0.5) is 4.79 Å². The Hall–Kier alpha value is -3.68. The van der Waals surface area contributed by atoms with Crippen molar-refractivity contribution in [2.45, 2.75) is 148 Å². The highest BCUT2D eigenvalue weighted by atomic mass is 32.1. The number of aromatic nitrogens is 1. The molecular weight excluding hydrogens is 769 g/mol. The maximum atomic E-state index is 14.5. The number of likely N-dealkylation sites (N-methyl/N-ethyl adjacent to an activating group) is 1. The molecule has 328 valence electrons. The Kier molecular flexibility index (Phi) is 18.5. The van der Waals surface area contributed by atoms with Gasteiger partial charge in [0, 0.05) is 70.0 Å². The first-order valence-electron chi connectivity index (χ1n) is 21.8. The number of ether oxygens (including phenoxy) is 3. The van der Waals surface area contributed by atoms with E-state index in [0.717, 1.165) is 36.3 Å². The number of alkyl carbamates (subject to hydrolysis) is 1. The number of Topliss-reactive ketones (excluding diaryl/α,β-unsaturated/α-hetero) is 2. The normalized spacial score (nSPS) is 20.0. The largest absolute Gasteiger partial charge is 0.450 e. The van der Waals surface area contributed by atoms with Crippen LogP contribution in [0.2, 0.25) is 0 Å². The summed E-state index contributed by atoms with van der Waals surface area (Å²) in [5, 5.41) is 5.73. The van der Waals surface area contributed by atoms with Crippen molar-refractivity contribution in [1.29, 1.82) is 0 Å². The lowest BCUT2D eigenvalue weighted by Gasteiger charge is -2.41. The van der Waals surface area contributed by atoms with E-state index in [2.05, 4.69) is 36.3 Å². The second kappa shape index (κ2) is 22.8. The van der Waals surface area contributed by atoms with Crippen LogP contribution in [0, 0.1) is 23.7 Å². The molecule has 1 N–H and O–H groups in total. The Labute approximate surface area is 356 Å². The first-order valence-corrected chi connectivity index (χ1v) is 22.7. The van der Waals surface area contributed by atoms with Gasteiger partial charge in [-0.15, -0.1) is 11.3 Å². The van der Waals surface area contributed by atoms with E-state index in [1.807, 2.05) is 49.3 Å². The molecule has 59 heavy (non-hydrogen) atoms. The molecule has 0 spiro atoms. The lowest BCUT2D eigenvalue weighted by Crippen LogP contribution is -2.56. The molecule has 4 rings (SSSR count). The quantitative estimate of drug-likeness (QED) is 0.119. The molecular formula is C46H70N4O8S. The topological polar surface area (TPSA) is 144 Å². The predicted octanol–water partition coefficient (Wildman–Crippen LogP) is 7.64. The third-order valence-corrected chi connectivity index (χ3v) is 14.0. The molecule has 1 aliphatic heterocycles. The molecule has 12 nitrogen and oxygen atoms in total. The van der Waals surface area contributed by atoms with E-state index in [-0.39, 0.29) is 66.6 Å². The number of methoxy groups -OCH3 is 2. The van der Waals surface area contributed by atoms with Crippen LogP contribution in [-0.2, 0) is 39.8 Å². The number of amides is 3. The third kappa shape index (κ3) is 12.2. The van der Waals surface area contributed by atoms with Gasteiger partial charge in [-0.25, -0.2) is 9.78 Å². The lowest BCUT2D eigenvalue weighted by molar-refractivity contribution is -0.149. The van der Waals surface area contributed by atoms with Crippen molar-refractivity contribution < 1.29 is 38.2 Å². The zero-order valence-electron chi connectivity index (χ0n) is 36.9. The van der Waals surface area contributed by atoms with Crippen molar-refractivity contribution in [2.24, 2.45) is 23.7 Å². The molecule has 2 aromatic rings. The van der Waals surface area contributed by atoms with Crippen molar-refractivity contribution in [2.75, 3.05) is 34.4 Å². The molecule has 13 heteroatoms. The summed E-state index contributed by atoms with van der Waals surface area (Å²) in [5.41, 5.74) is 0.101. The Morgan fingerprint density at radius 3 is 2.24 bits per heavy atom. The first-order chi connectivity index (χ1) is 28.2. The summed E-state index contributed by atoms with van der Waals surface area (Å²) in [7, 11) is 4.95. The number of thiazole rings is 1. The highest BCUT2D eigenvalue weighted by molar-refractivity contribution is 7.09. The fraction of sp³-hybridized carbons (Fsp3) is 0.696. The summed E-state index contributed by atoms with van der Waals surface area (Å²) < 4.78 is 17.3. The average molecular weight is 839 g/mol. The van der Waals surface area contributed by atoms with Gasteiger partial charge in [-0.3, -0.25) is 19.2 Å². The van der Waals surface area contributed by atoms with Crippen LogP contribution in [0.1, 0.15) is 122 Å². The maximum Gasteiger partial charge on any atom is 0.407 e. The molecule has 0 radical (unpaired) electrons. The van der Waals surface area contributed by atoms with Gasteiger partial charge in [0.25, 0.3) is 0 Å². The van der Waals surface area contributed by atoms with Crippen LogP contribution in [0.5, 0.6) is 0 Å². The average Bonchev–Trinajstić information content (AvgIpc) is 4.03. The zero-order valence-corrected chi connectivity index (χ0v) is 37.8. The molecule has 1 aliphatic carbocycles. The van der Waals surface area contributed by atoms with Crippen LogP contribution in [-0.4, -0.2) is 109 Å². The van der Waals surface area contributed by atoms with Gasteiger partial charge in [-0.05, 0) is 56.4 Å². The van der Waals surface area contributed by atoms with Crippen molar-refractivity contribution in [3.63, 3.8) is 0 Å². The summed E-state index contributed by atoms with van der Waals surface area (Å²) in [6.45, 7) is 12.4. The minimum atomic E-state index is -1.05. The van der Waals surface area contributed by atoms with Gasteiger partial charge in [-0.2, -0.15) is 0 Å². The highest BCUT2D eigenvalue weighted by Crippen LogP contribution is 2.36. The lowest BCUT2D eigenvalue weighted by atomic mass is 9.81. The molecule has 8 atom stereocenters. The smallest absolute Gasteiger partial charge is 0.407 e. The predicted molar refractivity (Wildman–Crippen MR) is 230 cm³/mol. The summed E-state index contributed by atoms with van der Waals surface area (Å²) in [5.74, 6) is -1.73. The Bertz CT molecular complexity index is 1650. The van der Waals surface area contributed by atoms with Crippen LogP contribution in [0.15, 0.2) is 41.9 Å². The molecule has 1 aromatic carbocycles. The molecule has 1 aromatic heterocycles. The van der Waals surface area contributed by atoms with Crippen LogP contribution < -0.4 is 5.32 Å². The van der Waals surface area contributed by atoms with Gasteiger partial charge in [-0.1, -0.05) is 84.2 Å². The molecule has 2 heterocycles. The number of likely N-dealkylation sites (tertiary alicyclic amines) is 1. The van der Waals surface area contributed by atoms with Crippen molar-refractivity contribution >= 4 is 40.8 Å².